The molecule has 2 atom stereocenters. The molecule has 0 unspecified atom stereocenters. The number of aryl methyl sites for hydroxylation is 1. The van der Waals surface area contributed by atoms with E-state index in [0.29, 0.717) is 30.4 Å². The molecule has 1 aromatic heterocycles. The lowest BCUT2D eigenvalue weighted by molar-refractivity contribution is -0.138. The molecule has 2 aromatic rings. The third kappa shape index (κ3) is 8.69. The summed E-state index contributed by atoms with van der Waals surface area (Å²) in [5.41, 5.74) is 1.24. The van der Waals surface area contributed by atoms with Crippen molar-refractivity contribution >= 4 is 46.6 Å². The van der Waals surface area contributed by atoms with E-state index < -0.39 is 29.9 Å². The van der Waals surface area contributed by atoms with Gasteiger partial charge in [-0.1, -0.05) is 6.07 Å². The number of aromatic nitrogens is 1. The van der Waals surface area contributed by atoms with Crippen molar-refractivity contribution in [3.8, 4) is 5.75 Å². The molecule has 0 spiro atoms. The van der Waals surface area contributed by atoms with Gasteiger partial charge in [0.15, 0.2) is 6.61 Å². The molecule has 1 aliphatic carbocycles. The molecule has 0 radical (unpaired) electrons. The van der Waals surface area contributed by atoms with E-state index in [2.05, 4.69) is 15.6 Å². The predicted molar refractivity (Wildman–Crippen MR) is 171 cm³/mol. The molecule has 15 nitrogen and oxygen atoms in total. The van der Waals surface area contributed by atoms with Crippen LogP contribution in [0.4, 0.5) is 4.79 Å². The number of hydrogen-bond acceptors (Lipinski definition) is 9. The number of aliphatic carboxylic acids is 1. The van der Waals surface area contributed by atoms with Gasteiger partial charge < -0.3 is 39.9 Å². The summed E-state index contributed by atoms with van der Waals surface area (Å²) < 4.78 is 11.0. The van der Waals surface area contributed by atoms with E-state index in [1.165, 1.54) is 15.9 Å². The molecule has 48 heavy (non-hydrogen) atoms. The van der Waals surface area contributed by atoms with Crippen LogP contribution in [0.5, 0.6) is 5.75 Å². The zero-order valence-corrected chi connectivity index (χ0v) is 27.2. The number of carboxylic acid groups (broad SMARTS) is 1. The highest BCUT2D eigenvalue weighted by atomic mass is 16.6. The lowest BCUT2D eigenvalue weighted by atomic mass is 10.1. The molecular formula is C33H42N6O9. The van der Waals surface area contributed by atoms with Gasteiger partial charge in [0.1, 0.15) is 17.5 Å². The number of piperazine rings is 1. The molecule has 2 saturated heterocycles. The fourth-order valence-electron chi connectivity index (χ4n) is 5.82. The van der Waals surface area contributed by atoms with Crippen molar-refractivity contribution in [2.45, 2.75) is 58.0 Å². The average molecular weight is 667 g/mol. The van der Waals surface area contributed by atoms with Crippen molar-refractivity contribution in [3.63, 3.8) is 0 Å². The standard InChI is InChI=1S/C33H42N6O9/c1-3-47-33(46)38-14-12-37(13-15-38)32(45)24(8-9-29(41)42)36-31(44)26-17-27(23-7-4-20(2)16-25(23)35-26)48-19-28(40)39-11-10-21(18-39)30(43)34-22-5-6-22/h4,7,16-17,21-22,24H,3,5-6,8-15,18-19H2,1-2H3,(H,34,43)(H,36,44)(H,41,42)/t21-,24+/m1/s1. The Kier molecular flexibility index (Phi) is 11.0. The number of nitrogens with one attached hydrogen (secondary N) is 2. The number of carboxylic acids is 1. The highest BCUT2D eigenvalue weighted by Gasteiger charge is 2.34. The number of rotatable bonds is 12. The van der Waals surface area contributed by atoms with Crippen molar-refractivity contribution in [2.75, 3.05) is 52.5 Å². The van der Waals surface area contributed by atoms with Crippen LogP contribution in [0, 0.1) is 12.8 Å². The van der Waals surface area contributed by atoms with E-state index in [9.17, 15) is 33.9 Å². The summed E-state index contributed by atoms with van der Waals surface area (Å²) >= 11 is 0. The Morgan fingerprint density at radius 2 is 1.71 bits per heavy atom. The Balaban J connectivity index is 1.27. The Hall–Kier alpha value is -4.95. The fraction of sp³-hybridized carbons (Fsp3) is 0.545. The second kappa shape index (κ2) is 15.3. The molecule has 5 rings (SSSR count). The first-order valence-corrected chi connectivity index (χ1v) is 16.4. The Morgan fingerprint density at radius 1 is 0.979 bits per heavy atom. The largest absolute Gasteiger partial charge is 0.483 e. The van der Waals surface area contributed by atoms with Crippen LogP contribution >= 0.6 is 0 Å². The minimum Gasteiger partial charge on any atom is -0.483 e. The van der Waals surface area contributed by atoms with E-state index in [-0.39, 0.29) is 87.5 Å². The molecule has 15 heteroatoms. The van der Waals surface area contributed by atoms with Crippen molar-refractivity contribution < 1.29 is 43.3 Å². The molecule has 1 aromatic carbocycles. The first-order chi connectivity index (χ1) is 23.0. The summed E-state index contributed by atoms with van der Waals surface area (Å²) in [6, 6.07) is 5.88. The van der Waals surface area contributed by atoms with Crippen LogP contribution in [0.1, 0.15) is 55.1 Å². The maximum absolute atomic E-state index is 13.6. The summed E-state index contributed by atoms with van der Waals surface area (Å²) in [5.74, 6) is -2.64. The number of hydrogen-bond donors (Lipinski definition) is 3. The van der Waals surface area contributed by atoms with Gasteiger partial charge in [-0.05, 0) is 57.2 Å². The van der Waals surface area contributed by atoms with Gasteiger partial charge in [0.05, 0.1) is 18.0 Å². The summed E-state index contributed by atoms with van der Waals surface area (Å²) in [5, 5.41) is 15.5. The van der Waals surface area contributed by atoms with Crippen LogP contribution < -0.4 is 15.4 Å². The smallest absolute Gasteiger partial charge is 0.409 e. The van der Waals surface area contributed by atoms with Crippen molar-refractivity contribution in [2.24, 2.45) is 5.92 Å². The van der Waals surface area contributed by atoms with Crippen LogP contribution in [0.3, 0.4) is 0 Å². The number of amides is 5. The molecule has 0 bridgehead atoms. The third-order valence-electron chi connectivity index (χ3n) is 8.71. The first kappa shape index (κ1) is 34.4. The van der Waals surface area contributed by atoms with Crippen molar-refractivity contribution in [1.29, 1.82) is 0 Å². The van der Waals surface area contributed by atoms with E-state index in [1.54, 1.807) is 24.0 Å². The van der Waals surface area contributed by atoms with Gasteiger partial charge in [-0.3, -0.25) is 24.0 Å². The number of carbonyl (C=O) groups is 6. The number of ether oxygens (including phenoxy) is 2. The van der Waals surface area contributed by atoms with E-state index in [4.69, 9.17) is 9.47 Å². The van der Waals surface area contributed by atoms with E-state index in [0.717, 1.165) is 18.4 Å². The average Bonchev–Trinajstić information content (AvgIpc) is 3.74. The van der Waals surface area contributed by atoms with Crippen LogP contribution in [0.15, 0.2) is 24.3 Å². The predicted octanol–water partition coefficient (Wildman–Crippen LogP) is 1.31. The van der Waals surface area contributed by atoms with Crippen molar-refractivity contribution in [3.05, 3.63) is 35.5 Å². The molecule has 258 valence electrons. The zero-order chi connectivity index (χ0) is 34.4. The highest BCUT2D eigenvalue weighted by molar-refractivity contribution is 5.99. The van der Waals surface area contributed by atoms with Gasteiger partial charge in [-0.2, -0.15) is 0 Å². The SMILES string of the molecule is CCOC(=O)N1CCN(C(=O)[C@H](CCC(=O)O)NC(=O)c2cc(OCC(=O)N3CC[C@@H](C(=O)NC4CC4)C3)c3ccc(C)cc3n2)CC1. The second-order valence-electron chi connectivity index (χ2n) is 12.4. The lowest BCUT2D eigenvalue weighted by Gasteiger charge is -2.35. The quantitative estimate of drug-likeness (QED) is 0.298. The minimum atomic E-state index is -1.16. The monoisotopic (exact) mass is 666 g/mol. The van der Waals surface area contributed by atoms with E-state index in [1.807, 2.05) is 13.0 Å². The van der Waals surface area contributed by atoms with Gasteiger partial charge >= 0.3 is 12.1 Å². The Morgan fingerprint density at radius 3 is 2.40 bits per heavy atom. The first-order valence-electron chi connectivity index (χ1n) is 16.4. The third-order valence-corrected chi connectivity index (χ3v) is 8.71. The van der Waals surface area contributed by atoms with E-state index >= 15 is 0 Å². The molecule has 1 saturated carbocycles. The Bertz CT molecular complexity index is 1570. The normalized spacial score (nSPS) is 18.3. The molecule has 5 amide bonds. The highest BCUT2D eigenvalue weighted by Crippen LogP contribution is 2.28. The second-order valence-corrected chi connectivity index (χ2v) is 12.4. The lowest BCUT2D eigenvalue weighted by Crippen LogP contribution is -2.56. The summed E-state index contributed by atoms with van der Waals surface area (Å²) in [6.07, 6.45) is 1.57. The van der Waals surface area contributed by atoms with Crippen LogP contribution in [0.25, 0.3) is 10.9 Å². The molecule has 3 aliphatic rings. The maximum Gasteiger partial charge on any atom is 0.409 e. The van der Waals surface area contributed by atoms with Gasteiger partial charge in [-0.25, -0.2) is 9.78 Å². The molecular weight excluding hydrogens is 624 g/mol. The zero-order valence-electron chi connectivity index (χ0n) is 27.2. The minimum absolute atomic E-state index is 0.0288. The molecule has 3 heterocycles. The van der Waals surface area contributed by atoms with Gasteiger partial charge in [0.25, 0.3) is 11.8 Å². The fourth-order valence-corrected chi connectivity index (χ4v) is 5.82. The number of benzene rings is 1. The van der Waals surface area contributed by atoms with Crippen LogP contribution in [0.2, 0.25) is 0 Å². The number of likely N-dealkylation sites (tertiary alicyclic amines) is 1. The van der Waals surface area contributed by atoms with Gasteiger partial charge in [-0.15, -0.1) is 0 Å². The Labute approximate surface area is 277 Å². The molecule has 3 N–H and O–H groups in total. The summed E-state index contributed by atoms with van der Waals surface area (Å²) in [6.45, 7) is 5.10. The molecule has 2 aliphatic heterocycles. The molecule has 3 fully saturated rings. The van der Waals surface area contributed by atoms with Crippen LogP contribution in [-0.4, -0.2) is 125 Å². The van der Waals surface area contributed by atoms with Gasteiger partial charge in [0, 0.05) is 63.2 Å². The number of pyridine rings is 1. The van der Waals surface area contributed by atoms with Gasteiger partial charge in [0.2, 0.25) is 11.8 Å². The van der Waals surface area contributed by atoms with Crippen molar-refractivity contribution in [1.82, 2.24) is 30.3 Å². The summed E-state index contributed by atoms with van der Waals surface area (Å²) in [4.78, 5) is 85.2. The summed E-state index contributed by atoms with van der Waals surface area (Å²) in [7, 11) is 0. The number of fused-ring (bicyclic) bond motifs is 1. The topological polar surface area (TPSA) is 188 Å². The maximum atomic E-state index is 13.6. The van der Waals surface area contributed by atoms with Crippen LogP contribution in [-0.2, 0) is 23.9 Å². The number of carbonyl (C=O) groups excluding carboxylic acids is 5. The number of nitrogens with zero attached hydrogens (tertiary/aromatic N) is 4.